The van der Waals surface area contributed by atoms with Crippen LogP contribution in [-0.2, 0) is 0 Å². The molecule has 0 unspecified atom stereocenters. The fourth-order valence-corrected chi connectivity index (χ4v) is 3.05. The molecule has 3 aliphatic rings. The SMILES string of the molecule is C1=C[C@H]2C[C@@H]1[C@@H]1CNC[C@@H]12. The summed E-state index contributed by atoms with van der Waals surface area (Å²) < 4.78 is 0. The van der Waals surface area contributed by atoms with Crippen LogP contribution in [0.4, 0.5) is 0 Å². The van der Waals surface area contributed by atoms with Crippen LogP contribution < -0.4 is 5.32 Å². The summed E-state index contributed by atoms with van der Waals surface area (Å²) in [5.74, 6) is 3.92. The number of rotatable bonds is 0. The molecule has 0 aromatic rings. The molecule has 1 N–H and O–H groups in total. The van der Waals surface area contributed by atoms with E-state index >= 15 is 0 Å². The quantitative estimate of drug-likeness (QED) is 0.489. The Labute approximate surface area is 61.5 Å². The molecule has 1 saturated carbocycles. The van der Waals surface area contributed by atoms with E-state index in [-0.39, 0.29) is 0 Å². The van der Waals surface area contributed by atoms with Crippen molar-refractivity contribution in [2.24, 2.45) is 23.7 Å². The number of hydrogen-bond acceptors (Lipinski definition) is 1. The normalized spacial score (nSPS) is 56.0. The van der Waals surface area contributed by atoms with Gasteiger partial charge in [0.25, 0.3) is 0 Å². The Morgan fingerprint density at radius 3 is 2.20 bits per heavy atom. The van der Waals surface area contributed by atoms with E-state index in [2.05, 4.69) is 17.5 Å². The van der Waals surface area contributed by atoms with Crippen LogP contribution in [-0.4, -0.2) is 13.1 Å². The highest BCUT2D eigenvalue weighted by molar-refractivity contribution is 5.15. The molecule has 54 valence electrons. The van der Waals surface area contributed by atoms with Crippen LogP contribution in [0.1, 0.15) is 6.42 Å². The highest BCUT2D eigenvalue weighted by atomic mass is 14.9. The van der Waals surface area contributed by atoms with Crippen LogP contribution in [0.2, 0.25) is 0 Å². The minimum atomic E-state index is 0.949. The third-order valence-electron chi connectivity index (χ3n) is 3.56. The Morgan fingerprint density at radius 2 is 1.60 bits per heavy atom. The lowest BCUT2D eigenvalue weighted by molar-refractivity contribution is 0.395. The van der Waals surface area contributed by atoms with Crippen LogP contribution in [0.15, 0.2) is 12.2 Å². The summed E-state index contributed by atoms with van der Waals surface area (Å²) >= 11 is 0. The van der Waals surface area contributed by atoms with Crippen molar-refractivity contribution in [2.75, 3.05) is 13.1 Å². The van der Waals surface area contributed by atoms with E-state index in [0.29, 0.717) is 0 Å². The van der Waals surface area contributed by atoms with Gasteiger partial charge in [-0.1, -0.05) is 12.2 Å². The lowest BCUT2D eigenvalue weighted by Crippen LogP contribution is -2.16. The minimum absolute atomic E-state index is 0.949. The van der Waals surface area contributed by atoms with Crippen LogP contribution in [0, 0.1) is 23.7 Å². The fraction of sp³-hybridized carbons (Fsp3) is 0.778. The summed E-state index contributed by atoms with van der Waals surface area (Å²) in [6.45, 7) is 2.58. The van der Waals surface area contributed by atoms with Crippen molar-refractivity contribution in [3.05, 3.63) is 12.2 Å². The van der Waals surface area contributed by atoms with Gasteiger partial charge in [-0.3, -0.25) is 0 Å². The Bertz CT molecular complexity index is 167. The van der Waals surface area contributed by atoms with Crippen molar-refractivity contribution in [1.29, 1.82) is 0 Å². The Morgan fingerprint density at radius 1 is 1.00 bits per heavy atom. The Kier molecular flexibility index (Phi) is 0.883. The maximum atomic E-state index is 3.49. The maximum absolute atomic E-state index is 3.49. The van der Waals surface area contributed by atoms with Crippen molar-refractivity contribution < 1.29 is 0 Å². The smallest absolute Gasteiger partial charge is 0.00114 e. The predicted octanol–water partition coefficient (Wildman–Crippen LogP) is 1.03. The van der Waals surface area contributed by atoms with Gasteiger partial charge in [0.2, 0.25) is 0 Å². The van der Waals surface area contributed by atoms with Gasteiger partial charge in [-0.25, -0.2) is 0 Å². The van der Waals surface area contributed by atoms with Gasteiger partial charge in [-0.05, 0) is 43.2 Å². The second-order valence-electron chi connectivity index (χ2n) is 3.93. The van der Waals surface area contributed by atoms with Crippen molar-refractivity contribution in [1.82, 2.24) is 5.32 Å². The zero-order chi connectivity index (χ0) is 6.55. The van der Waals surface area contributed by atoms with Crippen molar-refractivity contribution in [3.8, 4) is 0 Å². The molecule has 0 aromatic carbocycles. The molecule has 4 atom stereocenters. The average molecular weight is 135 g/mol. The maximum Gasteiger partial charge on any atom is -0.00114 e. The van der Waals surface area contributed by atoms with E-state index in [1.807, 2.05) is 0 Å². The largest absolute Gasteiger partial charge is 0.316 e. The van der Waals surface area contributed by atoms with Crippen molar-refractivity contribution in [3.63, 3.8) is 0 Å². The number of allylic oxidation sites excluding steroid dienone is 2. The monoisotopic (exact) mass is 135 g/mol. The molecule has 0 radical (unpaired) electrons. The number of hydrogen-bond donors (Lipinski definition) is 1. The fourth-order valence-electron chi connectivity index (χ4n) is 3.05. The molecule has 1 saturated heterocycles. The zero-order valence-electron chi connectivity index (χ0n) is 6.09. The van der Waals surface area contributed by atoms with Crippen LogP contribution in [0.25, 0.3) is 0 Å². The molecule has 3 rings (SSSR count). The summed E-state index contributed by atoms with van der Waals surface area (Å²) in [6.07, 6.45) is 6.36. The van der Waals surface area contributed by atoms with E-state index in [0.717, 1.165) is 23.7 Å². The van der Waals surface area contributed by atoms with Gasteiger partial charge in [0.1, 0.15) is 0 Å². The standard InChI is InChI=1S/C9H13N/c1-2-7-3-6(1)8-4-10-5-9(7)8/h1-2,6-10H,3-5H2/t6-,7+,8+,9-. The van der Waals surface area contributed by atoms with E-state index in [9.17, 15) is 0 Å². The molecule has 1 aliphatic heterocycles. The van der Waals surface area contributed by atoms with Crippen LogP contribution in [0.3, 0.4) is 0 Å². The molecule has 0 amide bonds. The Hall–Kier alpha value is -0.300. The molecule has 2 aliphatic carbocycles. The first kappa shape index (κ1) is 5.36. The number of nitrogens with one attached hydrogen (secondary N) is 1. The van der Waals surface area contributed by atoms with E-state index < -0.39 is 0 Å². The molecule has 1 nitrogen and oxygen atoms in total. The lowest BCUT2D eigenvalue weighted by atomic mass is 9.86. The average Bonchev–Trinajstić information content (AvgIpc) is 2.60. The van der Waals surface area contributed by atoms with E-state index in [4.69, 9.17) is 0 Å². The summed E-state index contributed by atoms with van der Waals surface area (Å²) in [7, 11) is 0. The molecular formula is C9H13N. The molecule has 10 heavy (non-hydrogen) atoms. The third kappa shape index (κ3) is 0.485. The zero-order valence-corrected chi connectivity index (χ0v) is 6.09. The van der Waals surface area contributed by atoms with Gasteiger partial charge in [0.05, 0.1) is 0 Å². The third-order valence-corrected chi connectivity index (χ3v) is 3.56. The Balaban J connectivity index is 1.99. The van der Waals surface area contributed by atoms with Crippen LogP contribution in [0.5, 0.6) is 0 Å². The predicted molar refractivity (Wildman–Crippen MR) is 40.6 cm³/mol. The van der Waals surface area contributed by atoms with Gasteiger partial charge >= 0.3 is 0 Å². The van der Waals surface area contributed by atoms with E-state index in [1.54, 1.807) is 0 Å². The second kappa shape index (κ2) is 1.65. The highest BCUT2D eigenvalue weighted by Gasteiger charge is 2.46. The molecular weight excluding hydrogens is 122 g/mol. The molecule has 0 aromatic heterocycles. The van der Waals surface area contributed by atoms with Crippen molar-refractivity contribution >= 4 is 0 Å². The first-order chi connectivity index (χ1) is 4.95. The second-order valence-corrected chi connectivity index (χ2v) is 3.93. The summed E-state index contributed by atoms with van der Waals surface area (Å²) in [6, 6.07) is 0. The van der Waals surface area contributed by atoms with Crippen molar-refractivity contribution in [2.45, 2.75) is 6.42 Å². The summed E-state index contributed by atoms with van der Waals surface area (Å²) in [4.78, 5) is 0. The molecule has 0 spiro atoms. The van der Waals surface area contributed by atoms with Gasteiger partial charge in [-0.15, -0.1) is 0 Å². The summed E-state index contributed by atoms with van der Waals surface area (Å²) in [5.41, 5.74) is 0. The topological polar surface area (TPSA) is 12.0 Å². The molecule has 2 fully saturated rings. The minimum Gasteiger partial charge on any atom is -0.316 e. The molecule has 1 heteroatoms. The first-order valence-electron chi connectivity index (χ1n) is 4.34. The van der Waals surface area contributed by atoms with E-state index in [1.165, 1.54) is 19.5 Å². The summed E-state index contributed by atoms with van der Waals surface area (Å²) in [5, 5.41) is 3.49. The van der Waals surface area contributed by atoms with Gasteiger partial charge in [0, 0.05) is 0 Å². The van der Waals surface area contributed by atoms with Crippen LogP contribution >= 0.6 is 0 Å². The molecule has 2 bridgehead atoms. The number of fused-ring (bicyclic) bond motifs is 5. The first-order valence-corrected chi connectivity index (χ1v) is 4.34. The molecule has 1 heterocycles. The van der Waals surface area contributed by atoms with Gasteiger partial charge in [-0.2, -0.15) is 0 Å². The highest BCUT2D eigenvalue weighted by Crippen LogP contribution is 2.49. The lowest BCUT2D eigenvalue weighted by Gasteiger charge is -2.17. The van der Waals surface area contributed by atoms with Gasteiger partial charge in [0.15, 0.2) is 0 Å². The van der Waals surface area contributed by atoms with Gasteiger partial charge < -0.3 is 5.32 Å².